The summed E-state index contributed by atoms with van der Waals surface area (Å²) < 4.78 is 30.0. The molecule has 0 spiro atoms. The van der Waals surface area contributed by atoms with Crippen LogP contribution < -0.4 is 4.74 Å². The van der Waals surface area contributed by atoms with Gasteiger partial charge in [-0.1, -0.05) is 17.7 Å². The van der Waals surface area contributed by atoms with Crippen LogP contribution in [0.25, 0.3) is 0 Å². The average Bonchev–Trinajstić information content (AvgIpc) is 2.72. The molecule has 1 fully saturated rings. The molecule has 6 nitrogen and oxygen atoms in total. The molecule has 1 heterocycles. The molecule has 1 aromatic carbocycles. The zero-order chi connectivity index (χ0) is 16.2. The van der Waals surface area contributed by atoms with Gasteiger partial charge < -0.3 is 9.64 Å². The van der Waals surface area contributed by atoms with Gasteiger partial charge in [-0.05, 0) is 25.5 Å². The number of hydrogen-bond acceptors (Lipinski definition) is 4. The molecule has 1 amide bonds. The molecule has 0 N–H and O–H groups in total. The third-order valence-corrected chi connectivity index (χ3v) is 4.96. The first-order valence-corrected chi connectivity index (χ1v) is 9.13. The van der Waals surface area contributed by atoms with Crippen molar-refractivity contribution >= 4 is 15.9 Å². The van der Waals surface area contributed by atoms with Crippen LogP contribution in [0.2, 0.25) is 0 Å². The minimum absolute atomic E-state index is 0.0259. The van der Waals surface area contributed by atoms with E-state index in [1.165, 1.54) is 10.6 Å². The van der Waals surface area contributed by atoms with Crippen molar-refractivity contribution in [3.05, 3.63) is 29.8 Å². The van der Waals surface area contributed by atoms with Crippen LogP contribution in [-0.4, -0.2) is 62.6 Å². The quantitative estimate of drug-likeness (QED) is 0.823. The summed E-state index contributed by atoms with van der Waals surface area (Å²) in [6.07, 6.45) is 1.84. The van der Waals surface area contributed by atoms with Crippen LogP contribution in [-0.2, 0) is 14.8 Å². The zero-order valence-corrected chi connectivity index (χ0v) is 13.8. The predicted molar refractivity (Wildman–Crippen MR) is 84.3 cm³/mol. The number of nitrogens with zero attached hydrogens (tertiary/aromatic N) is 2. The fourth-order valence-electron chi connectivity index (χ4n) is 2.35. The maximum atomic E-state index is 12.2. The number of amides is 1. The maximum Gasteiger partial charge on any atom is 0.260 e. The highest BCUT2D eigenvalue weighted by Crippen LogP contribution is 2.12. The van der Waals surface area contributed by atoms with Gasteiger partial charge in [-0.3, -0.25) is 4.79 Å². The molecule has 22 heavy (non-hydrogen) atoms. The second kappa shape index (κ2) is 7.11. The molecule has 122 valence electrons. The van der Waals surface area contributed by atoms with E-state index >= 15 is 0 Å². The van der Waals surface area contributed by atoms with Crippen LogP contribution in [0.4, 0.5) is 0 Å². The summed E-state index contributed by atoms with van der Waals surface area (Å²) in [5.74, 6) is 0.544. The van der Waals surface area contributed by atoms with Crippen LogP contribution in [0.5, 0.6) is 5.75 Å². The lowest BCUT2D eigenvalue weighted by Crippen LogP contribution is -2.39. The number of carbonyl (C=O) groups excluding carboxylic acids is 1. The van der Waals surface area contributed by atoms with Crippen molar-refractivity contribution in [3.8, 4) is 5.75 Å². The van der Waals surface area contributed by atoms with Gasteiger partial charge in [-0.15, -0.1) is 0 Å². The molecule has 0 unspecified atom stereocenters. The Morgan fingerprint density at radius 1 is 1.14 bits per heavy atom. The van der Waals surface area contributed by atoms with Gasteiger partial charge in [-0.2, -0.15) is 0 Å². The molecule has 1 saturated heterocycles. The number of rotatable bonds is 4. The van der Waals surface area contributed by atoms with Crippen molar-refractivity contribution in [1.29, 1.82) is 0 Å². The Balaban J connectivity index is 1.86. The molecule has 7 heteroatoms. The van der Waals surface area contributed by atoms with Crippen LogP contribution in [0.1, 0.15) is 12.0 Å². The normalized spacial score (nSPS) is 17.1. The largest absolute Gasteiger partial charge is 0.484 e. The Bertz CT molecular complexity index is 613. The summed E-state index contributed by atoms with van der Waals surface area (Å²) in [5.41, 5.74) is 1.13. The van der Waals surface area contributed by atoms with E-state index in [0.717, 1.165) is 5.56 Å². The Kier molecular flexibility index (Phi) is 5.42. The van der Waals surface area contributed by atoms with Gasteiger partial charge in [-0.25, -0.2) is 12.7 Å². The molecule has 0 aliphatic carbocycles. The Morgan fingerprint density at radius 3 is 2.45 bits per heavy atom. The second-order valence-corrected chi connectivity index (χ2v) is 7.48. The lowest BCUT2D eigenvalue weighted by molar-refractivity contribution is -0.133. The van der Waals surface area contributed by atoms with Crippen LogP contribution in [0, 0.1) is 6.92 Å². The summed E-state index contributed by atoms with van der Waals surface area (Å²) in [6.45, 7) is 3.73. The van der Waals surface area contributed by atoms with E-state index in [9.17, 15) is 13.2 Å². The summed E-state index contributed by atoms with van der Waals surface area (Å²) in [6, 6.07) is 7.51. The number of hydrogen-bond donors (Lipinski definition) is 0. The van der Waals surface area contributed by atoms with E-state index in [-0.39, 0.29) is 12.5 Å². The highest BCUT2D eigenvalue weighted by molar-refractivity contribution is 7.88. The molecule has 1 aromatic rings. The number of ether oxygens (including phenoxy) is 1. The predicted octanol–water partition coefficient (Wildman–Crippen LogP) is 0.868. The second-order valence-electron chi connectivity index (χ2n) is 5.50. The van der Waals surface area contributed by atoms with E-state index in [1.807, 2.05) is 31.2 Å². The molecule has 0 atom stereocenters. The number of sulfonamides is 1. The van der Waals surface area contributed by atoms with Crippen LogP contribution in [0.3, 0.4) is 0 Å². The minimum Gasteiger partial charge on any atom is -0.484 e. The van der Waals surface area contributed by atoms with Gasteiger partial charge in [0.25, 0.3) is 5.91 Å². The number of benzene rings is 1. The fourth-order valence-corrected chi connectivity index (χ4v) is 3.22. The molecule has 2 rings (SSSR count). The van der Waals surface area contributed by atoms with E-state index in [4.69, 9.17) is 4.74 Å². The molecule has 0 aromatic heterocycles. The van der Waals surface area contributed by atoms with E-state index in [2.05, 4.69) is 0 Å². The number of carbonyl (C=O) groups is 1. The van der Waals surface area contributed by atoms with Crippen molar-refractivity contribution < 1.29 is 17.9 Å². The molecule has 0 radical (unpaired) electrons. The Labute approximate surface area is 131 Å². The summed E-state index contributed by atoms with van der Waals surface area (Å²) >= 11 is 0. The lowest BCUT2D eigenvalue weighted by atomic mass is 10.2. The Hall–Kier alpha value is -1.60. The summed E-state index contributed by atoms with van der Waals surface area (Å²) in [4.78, 5) is 13.8. The van der Waals surface area contributed by atoms with Gasteiger partial charge in [0.15, 0.2) is 6.61 Å². The topological polar surface area (TPSA) is 66.9 Å². The highest BCUT2D eigenvalue weighted by atomic mass is 32.2. The van der Waals surface area contributed by atoms with Crippen molar-refractivity contribution in [3.63, 3.8) is 0 Å². The first-order valence-electron chi connectivity index (χ1n) is 7.28. The third kappa shape index (κ3) is 4.71. The van der Waals surface area contributed by atoms with E-state index < -0.39 is 10.0 Å². The van der Waals surface area contributed by atoms with Crippen molar-refractivity contribution in [2.45, 2.75) is 13.3 Å². The average molecular weight is 326 g/mol. The van der Waals surface area contributed by atoms with Crippen molar-refractivity contribution in [2.24, 2.45) is 0 Å². The SMILES string of the molecule is Cc1ccc(OCC(=O)N2CCCN(S(C)(=O)=O)CC2)cc1. The van der Waals surface area contributed by atoms with Gasteiger partial charge in [0, 0.05) is 26.2 Å². The molecule has 1 aliphatic rings. The van der Waals surface area contributed by atoms with Gasteiger partial charge in [0.05, 0.1) is 6.26 Å². The molecular weight excluding hydrogens is 304 g/mol. The molecular formula is C15H22N2O4S. The molecule has 0 bridgehead atoms. The standard InChI is InChI=1S/C15H22N2O4S/c1-13-4-6-14(7-5-13)21-12-15(18)16-8-3-9-17(11-10-16)22(2,19)20/h4-7H,3,8-12H2,1-2H3. The van der Waals surface area contributed by atoms with Crippen LogP contribution in [0.15, 0.2) is 24.3 Å². The third-order valence-electron chi connectivity index (χ3n) is 3.66. The summed E-state index contributed by atoms with van der Waals surface area (Å²) in [5, 5.41) is 0. The molecule has 1 aliphatic heterocycles. The maximum absolute atomic E-state index is 12.2. The zero-order valence-electron chi connectivity index (χ0n) is 13.0. The number of aryl methyl sites for hydroxylation is 1. The smallest absolute Gasteiger partial charge is 0.260 e. The lowest BCUT2D eigenvalue weighted by Gasteiger charge is -2.21. The van der Waals surface area contributed by atoms with E-state index in [1.54, 1.807) is 4.90 Å². The van der Waals surface area contributed by atoms with Crippen molar-refractivity contribution in [2.75, 3.05) is 39.0 Å². The van der Waals surface area contributed by atoms with Gasteiger partial charge >= 0.3 is 0 Å². The van der Waals surface area contributed by atoms with Gasteiger partial charge in [0.1, 0.15) is 5.75 Å². The fraction of sp³-hybridized carbons (Fsp3) is 0.533. The van der Waals surface area contributed by atoms with Crippen LogP contribution >= 0.6 is 0 Å². The summed E-state index contributed by atoms with van der Waals surface area (Å²) in [7, 11) is -3.19. The van der Waals surface area contributed by atoms with Crippen molar-refractivity contribution in [1.82, 2.24) is 9.21 Å². The molecule has 0 saturated carbocycles. The van der Waals surface area contributed by atoms with E-state index in [0.29, 0.717) is 38.3 Å². The monoisotopic (exact) mass is 326 g/mol. The highest BCUT2D eigenvalue weighted by Gasteiger charge is 2.23. The van der Waals surface area contributed by atoms with Gasteiger partial charge in [0.2, 0.25) is 10.0 Å². The first kappa shape index (κ1) is 16.8. The Morgan fingerprint density at radius 2 is 1.82 bits per heavy atom. The first-order chi connectivity index (χ1) is 10.4. The minimum atomic E-state index is -3.19.